The van der Waals surface area contributed by atoms with E-state index in [2.05, 4.69) is 259 Å². The van der Waals surface area contributed by atoms with E-state index in [1.54, 1.807) is 0 Å². The van der Waals surface area contributed by atoms with E-state index in [9.17, 15) is 9.83 Å². The van der Waals surface area contributed by atoms with E-state index in [-0.39, 0.29) is 0 Å². The number of furan rings is 3. The Morgan fingerprint density at radius 3 is 1.02 bits per heavy atom. The molecule has 0 radical (unpaired) electrons. The molecular weight excluding hydrogens is 1800 g/mol. The molecule has 144 heavy (non-hydrogen) atoms. The maximum absolute atomic E-state index is 15.2. The van der Waals surface area contributed by atoms with Crippen LogP contribution in [0.2, 0.25) is 0 Å². The SMILES string of the molecule is N#Cc1ccc2c3cc(-c4c5ccccc5c(-c5nc6ccccc6c6c5ccc5c7ccccc7oc56)c5ccccc45)ccc3n(-c3ccccc3)c2c1.O=P(c1ccccc1)(c1ccccc1)c1ccc(-c2ccc3c(c2)nc(-c2ccccc2)c2ccc4c5ccccc5oc4c23)cc1.O=P(c1ccccc1)(c1ccccc1)c1ccc2c(c1)nc(-c1ccccc1)c1ccc3c4ccccc4oc3c12. The molecule has 0 aliphatic rings. The molecule has 29 aromatic rings. The van der Waals surface area contributed by atoms with Crippen molar-refractivity contribution >= 4 is 220 Å². The Bertz CT molecular complexity index is 10300. The van der Waals surface area contributed by atoms with Crippen LogP contribution in [-0.4, -0.2) is 19.5 Å². The number of nitrogens with zero attached hydrogens (tertiary/aromatic N) is 5. The highest BCUT2D eigenvalue weighted by molar-refractivity contribution is 7.85. The number of hydrogen-bond acceptors (Lipinski definition) is 9. The Hall–Kier alpha value is -18.5. The van der Waals surface area contributed by atoms with Crippen LogP contribution in [0.4, 0.5) is 0 Å². The molecule has 0 atom stereocenters. The third kappa shape index (κ3) is 13.8. The molecule has 0 unspecified atom stereocenters. The maximum Gasteiger partial charge on any atom is 0.171 e. The van der Waals surface area contributed by atoms with Crippen molar-refractivity contribution in [2.45, 2.75) is 0 Å². The van der Waals surface area contributed by atoms with E-state index in [4.69, 9.17) is 28.2 Å². The number of rotatable bonds is 12. The van der Waals surface area contributed by atoms with Gasteiger partial charge >= 0.3 is 0 Å². The lowest BCUT2D eigenvalue weighted by Crippen LogP contribution is -2.25. The first-order valence-electron chi connectivity index (χ1n) is 48.3. The number of para-hydroxylation sites is 5. The molecule has 0 saturated carbocycles. The van der Waals surface area contributed by atoms with Crippen molar-refractivity contribution in [3.8, 4) is 67.8 Å². The zero-order chi connectivity index (χ0) is 95.7. The second-order valence-corrected chi connectivity index (χ2v) is 42.2. The fourth-order valence-electron chi connectivity index (χ4n) is 22.0. The third-order valence-corrected chi connectivity index (χ3v) is 34.8. The summed E-state index contributed by atoms with van der Waals surface area (Å²) in [7, 11) is -6.22. The molecule has 29 rings (SSSR count). The van der Waals surface area contributed by atoms with Crippen LogP contribution in [0.5, 0.6) is 0 Å². The van der Waals surface area contributed by atoms with Crippen LogP contribution >= 0.6 is 14.3 Å². The Morgan fingerprint density at radius 1 is 0.215 bits per heavy atom. The first-order valence-corrected chi connectivity index (χ1v) is 51.7. The van der Waals surface area contributed by atoms with E-state index in [1.165, 1.54) is 5.56 Å². The van der Waals surface area contributed by atoms with Gasteiger partial charge < -0.3 is 26.9 Å². The molecule has 22 aromatic carbocycles. The average molecular weight is 1880 g/mol. The minimum absolute atomic E-state index is 0.640. The number of aromatic nitrogens is 4. The van der Waals surface area contributed by atoms with Crippen LogP contribution < -0.4 is 31.8 Å². The number of nitriles is 1. The molecule has 674 valence electrons. The monoisotopic (exact) mass is 1880 g/mol. The molecule has 10 nitrogen and oxygen atoms in total. The standard InChI is InChI=1S/C52H29N3O.C43H28NO2P.C37H24NO2P/c53-30-31-22-24-34-43-29-32(23-27-45(43)55(46(34)28-31)33-12-2-1-3-13-33)48-36-15-4-6-17-38(36)49(39-18-7-5-16-37(39)48)51-42-26-25-40-35-14-9-11-21-47(35)56-52(40)50(42)41-19-8-10-20-44(41)54-51;45-47(32-14-6-2-7-15-32,33-16-8-3-9-17-33)34-23-20-29(21-24-34)31-22-25-37-39(28-31)44-42(30-12-4-1-5-13-30)38-27-26-36-35-18-10-11-19-40(35)46-43(36)41(37)38;39-41(26-14-6-2-7-15-26,27-16-8-3-9-17-27)28-20-21-31-33(24-28)38-36(25-12-4-1-5-13-25)32-23-22-30-29-18-10-11-19-34(29)40-37(30)35(31)32/h1-29H;1-28H;1-24H. The van der Waals surface area contributed by atoms with E-state index in [0.29, 0.717) is 5.56 Å². The van der Waals surface area contributed by atoms with Gasteiger partial charge in [-0.25, -0.2) is 15.0 Å². The first kappa shape index (κ1) is 84.8. The fourth-order valence-corrected chi connectivity index (χ4v) is 27.4. The molecule has 0 aliphatic heterocycles. The lowest BCUT2D eigenvalue weighted by molar-refractivity contribution is 0.591. The molecule has 0 bridgehead atoms. The largest absolute Gasteiger partial charge is 0.455 e. The van der Waals surface area contributed by atoms with Crippen molar-refractivity contribution in [3.63, 3.8) is 0 Å². The van der Waals surface area contributed by atoms with E-state index >= 15 is 4.57 Å². The van der Waals surface area contributed by atoms with Crippen molar-refractivity contribution in [1.29, 1.82) is 5.26 Å². The van der Waals surface area contributed by atoms with Crippen LogP contribution in [0.15, 0.2) is 505 Å². The summed E-state index contributed by atoms with van der Waals surface area (Å²) in [5.74, 6) is 0. The minimum Gasteiger partial charge on any atom is -0.455 e. The lowest BCUT2D eigenvalue weighted by atomic mass is 9.85. The van der Waals surface area contributed by atoms with Gasteiger partial charge in [-0.1, -0.05) is 400 Å². The van der Waals surface area contributed by atoms with E-state index < -0.39 is 14.3 Å². The highest BCUT2D eigenvalue weighted by atomic mass is 31.2. The van der Waals surface area contributed by atoms with Gasteiger partial charge in [0.2, 0.25) is 0 Å². The molecule has 0 N–H and O–H groups in total. The van der Waals surface area contributed by atoms with Gasteiger partial charge in [-0.15, -0.1) is 0 Å². The van der Waals surface area contributed by atoms with Gasteiger partial charge in [0.1, 0.15) is 33.5 Å². The van der Waals surface area contributed by atoms with Crippen molar-refractivity contribution in [1.82, 2.24) is 19.5 Å². The van der Waals surface area contributed by atoms with Gasteiger partial charge in [0.05, 0.1) is 56.3 Å². The minimum atomic E-state index is -3.16. The number of fused-ring (bicyclic) bond motifs is 26. The second kappa shape index (κ2) is 34.5. The molecule has 0 saturated heterocycles. The number of hydrogen-bond donors (Lipinski definition) is 0. The lowest BCUT2D eigenvalue weighted by Gasteiger charge is -2.21. The summed E-state index contributed by atoms with van der Waals surface area (Å²) in [6.45, 7) is 0. The van der Waals surface area contributed by atoms with Gasteiger partial charge in [0, 0.05) is 146 Å². The first-order chi connectivity index (χ1) is 71.1. The maximum atomic E-state index is 15.2. The second-order valence-electron chi connectivity index (χ2n) is 36.6. The molecule has 0 spiro atoms. The van der Waals surface area contributed by atoms with Gasteiger partial charge in [-0.05, 0) is 135 Å². The van der Waals surface area contributed by atoms with Crippen molar-refractivity contribution < 1.29 is 22.4 Å². The highest BCUT2D eigenvalue weighted by Gasteiger charge is 2.34. The molecule has 7 aromatic heterocycles. The summed E-state index contributed by atoms with van der Waals surface area (Å²) in [5.41, 5.74) is 22.0. The summed E-state index contributed by atoms with van der Waals surface area (Å²) < 4.78 is 52.1. The van der Waals surface area contributed by atoms with Gasteiger partial charge in [-0.3, -0.25) is 0 Å². The fraction of sp³-hybridized carbons (Fsp3) is 0. The van der Waals surface area contributed by atoms with Gasteiger partial charge in [-0.2, -0.15) is 5.26 Å². The summed E-state index contributed by atoms with van der Waals surface area (Å²) in [6.07, 6.45) is 0. The number of pyridine rings is 3. The summed E-state index contributed by atoms with van der Waals surface area (Å²) in [6, 6.07) is 170. The predicted octanol–water partition coefficient (Wildman–Crippen LogP) is 32.8. The normalized spacial score (nSPS) is 11.9. The molecule has 0 aliphatic carbocycles. The Labute approximate surface area is 826 Å². The molecule has 0 amide bonds. The Kier molecular flexibility index (Phi) is 20.3. The van der Waals surface area contributed by atoms with Crippen LogP contribution in [0.3, 0.4) is 0 Å². The van der Waals surface area contributed by atoms with Crippen molar-refractivity contribution in [2.24, 2.45) is 0 Å². The topological polar surface area (TPSA) is 141 Å². The Morgan fingerprint density at radius 2 is 0.549 bits per heavy atom. The summed E-state index contributed by atoms with van der Waals surface area (Å²) >= 11 is 0. The van der Waals surface area contributed by atoms with Gasteiger partial charge in [0.15, 0.2) is 14.3 Å². The van der Waals surface area contributed by atoms with Crippen LogP contribution in [0, 0.1) is 11.3 Å². The zero-order valence-electron chi connectivity index (χ0n) is 77.4. The Balaban J connectivity index is 0.000000109. The van der Waals surface area contributed by atoms with Crippen LogP contribution in [0.1, 0.15) is 5.56 Å². The van der Waals surface area contributed by atoms with Crippen LogP contribution in [0.25, 0.3) is 236 Å². The van der Waals surface area contributed by atoms with Crippen LogP contribution in [-0.2, 0) is 9.13 Å². The predicted molar refractivity (Wildman–Crippen MR) is 600 cm³/mol. The van der Waals surface area contributed by atoms with Gasteiger partial charge in [0.25, 0.3) is 0 Å². The molecule has 12 heteroatoms. The molecule has 7 heterocycles. The third-order valence-electron chi connectivity index (χ3n) is 28.7. The molecule has 0 fully saturated rings. The molecular formula is C132H81N5O5P2. The van der Waals surface area contributed by atoms with E-state index in [0.717, 1.165) is 262 Å². The zero-order valence-corrected chi connectivity index (χ0v) is 79.2. The number of benzene rings is 22. The average Bonchev–Trinajstić information content (AvgIpc) is 1.16. The smallest absolute Gasteiger partial charge is 0.171 e. The summed E-state index contributed by atoms with van der Waals surface area (Å²) in [4.78, 5) is 16.0. The summed E-state index contributed by atoms with van der Waals surface area (Å²) in [5, 5.41) is 37.5. The highest BCUT2D eigenvalue weighted by Crippen LogP contribution is 2.52. The van der Waals surface area contributed by atoms with E-state index in [1.807, 2.05) is 243 Å². The van der Waals surface area contributed by atoms with Crippen molar-refractivity contribution in [3.05, 3.63) is 497 Å². The van der Waals surface area contributed by atoms with Crippen molar-refractivity contribution in [2.75, 3.05) is 0 Å². The quantitative estimate of drug-likeness (QED) is 0.0664.